The Morgan fingerprint density at radius 1 is 1.28 bits per heavy atom. The Labute approximate surface area is 108 Å². The Morgan fingerprint density at radius 2 is 1.83 bits per heavy atom. The van der Waals surface area contributed by atoms with Crippen molar-refractivity contribution in [3.05, 3.63) is 0 Å². The molecule has 0 spiro atoms. The Kier molecular flexibility index (Phi) is 4.24. The summed E-state index contributed by atoms with van der Waals surface area (Å²) in [6.45, 7) is 7.33. The summed E-state index contributed by atoms with van der Waals surface area (Å²) in [5, 5.41) is 2.63. The van der Waals surface area contributed by atoms with E-state index in [2.05, 4.69) is 5.32 Å². The van der Waals surface area contributed by atoms with E-state index in [-0.39, 0.29) is 5.41 Å². The van der Waals surface area contributed by atoms with E-state index in [0.29, 0.717) is 0 Å². The van der Waals surface area contributed by atoms with Crippen molar-refractivity contribution in [2.45, 2.75) is 58.6 Å². The molecule has 0 unspecified atom stereocenters. The van der Waals surface area contributed by atoms with Gasteiger partial charge >= 0.3 is 12.1 Å². The lowest BCUT2D eigenvalue weighted by Gasteiger charge is -2.43. The number of carbonyl (C=O) groups excluding carboxylic acids is 2. The van der Waals surface area contributed by atoms with Gasteiger partial charge in [-0.25, -0.2) is 9.59 Å². The number of alkyl carbamates (subject to hydrolysis) is 1. The van der Waals surface area contributed by atoms with Crippen LogP contribution >= 0.6 is 0 Å². The second-order valence-corrected chi connectivity index (χ2v) is 6.11. The molecule has 0 bridgehead atoms. The Balaban J connectivity index is 2.68. The highest BCUT2D eigenvalue weighted by molar-refractivity contribution is 5.82. The molecule has 0 aromatic heterocycles. The van der Waals surface area contributed by atoms with Gasteiger partial charge in [-0.05, 0) is 39.0 Å². The topological polar surface area (TPSA) is 64.6 Å². The van der Waals surface area contributed by atoms with Crippen molar-refractivity contribution in [3.63, 3.8) is 0 Å². The zero-order chi connectivity index (χ0) is 14.0. The maximum Gasteiger partial charge on any atom is 0.408 e. The third-order valence-electron chi connectivity index (χ3n) is 3.29. The number of amides is 1. The van der Waals surface area contributed by atoms with Gasteiger partial charge in [0.15, 0.2) is 0 Å². The second-order valence-electron chi connectivity index (χ2n) is 6.11. The normalized spacial score (nSPS) is 19.4. The molecule has 0 aliphatic heterocycles. The maximum atomic E-state index is 11.8. The largest absolute Gasteiger partial charge is 0.467 e. The highest BCUT2D eigenvalue weighted by Crippen LogP contribution is 2.43. The minimum absolute atomic E-state index is 0.218. The van der Waals surface area contributed by atoms with Gasteiger partial charge in [0.1, 0.15) is 11.6 Å². The highest BCUT2D eigenvalue weighted by Gasteiger charge is 2.45. The molecule has 1 fully saturated rings. The van der Waals surface area contributed by atoms with Gasteiger partial charge in [0.05, 0.1) is 7.11 Å². The molecule has 104 valence electrons. The molecule has 5 nitrogen and oxygen atoms in total. The molecule has 0 heterocycles. The molecular weight excluding hydrogens is 234 g/mol. The smallest absolute Gasteiger partial charge is 0.408 e. The molecule has 0 radical (unpaired) electrons. The minimum atomic E-state index is -0.633. The maximum absolute atomic E-state index is 11.8. The van der Waals surface area contributed by atoms with E-state index < -0.39 is 23.7 Å². The van der Waals surface area contributed by atoms with Crippen LogP contribution in [0.5, 0.6) is 0 Å². The first-order valence-electron chi connectivity index (χ1n) is 6.25. The molecule has 1 aliphatic rings. The van der Waals surface area contributed by atoms with Gasteiger partial charge in [-0.15, -0.1) is 0 Å². The highest BCUT2D eigenvalue weighted by atomic mass is 16.6. The molecule has 1 rings (SSSR count). The molecule has 1 atom stereocenters. The first-order valence-corrected chi connectivity index (χ1v) is 6.25. The lowest BCUT2D eigenvalue weighted by molar-refractivity contribution is -0.148. The fraction of sp³-hybridized carbons (Fsp3) is 0.846. The number of ether oxygens (including phenoxy) is 2. The van der Waals surface area contributed by atoms with Crippen LogP contribution in [-0.4, -0.2) is 30.8 Å². The summed E-state index contributed by atoms with van der Waals surface area (Å²) < 4.78 is 9.92. The number of carbonyl (C=O) groups is 2. The van der Waals surface area contributed by atoms with Crippen LogP contribution in [-0.2, 0) is 14.3 Å². The average Bonchev–Trinajstić information content (AvgIpc) is 2.19. The molecule has 1 aliphatic carbocycles. The van der Waals surface area contributed by atoms with E-state index in [1.165, 1.54) is 7.11 Å². The monoisotopic (exact) mass is 257 g/mol. The minimum Gasteiger partial charge on any atom is -0.467 e. The summed E-state index contributed by atoms with van der Waals surface area (Å²) in [5.74, 6) is -0.414. The van der Waals surface area contributed by atoms with Crippen molar-refractivity contribution in [2.24, 2.45) is 5.41 Å². The summed E-state index contributed by atoms with van der Waals surface area (Å²) in [6, 6.07) is -0.633. The first kappa shape index (κ1) is 14.8. The van der Waals surface area contributed by atoms with Gasteiger partial charge in [0.25, 0.3) is 0 Å². The number of hydrogen-bond donors (Lipinski definition) is 1. The fourth-order valence-electron chi connectivity index (χ4n) is 2.08. The molecular formula is C13H23NO4. The number of rotatable bonds is 3. The van der Waals surface area contributed by atoms with Crippen LogP contribution < -0.4 is 5.32 Å². The molecule has 0 aromatic rings. The van der Waals surface area contributed by atoms with Crippen LogP contribution in [0.15, 0.2) is 0 Å². The summed E-state index contributed by atoms with van der Waals surface area (Å²) >= 11 is 0. The van der Waals surface area contributed by atoms with Crippen molar-refractivity contribution in [3.8, 4) is 0 Å². The van der Waals surface area contributed by atoms with Gasteiger partial charge in [-0.3, -0.25) is 0 Å². The van der Waals surface area contributed by atoms with E-state index in [4.69, 9.17) is 9.47 Å². The Morgan fingerprint density at radius 3 is 2.17 bits per heavy atom. The second kappa shape index (κ2) is 5.16. The molecule has 1 N–H and O–H groups in total. The predicted octanol–water partition coefficient (Wildman–Crippen LogP) is 2.24. The van der Waals surface area contributed by atoms with E-state index >= 15 is 0 Å². The van der Waals surface area contributed by atoms with Crippen LogP contribution in [0.3, 0.4) is 0 Å². The number of methoxy groups -OCH3 is 1. The number of hydrogen-bond acceptors (Lipinski definition) is 4. The van der Waals surface area contributed by atoms with E-state index in [9.17, 15) is 9.59 Å². The molecule has 0 aromatic carbocycles. The molecule has 0 saturated heterocycles. The van der Waals surface area contributed by atoms with Crippen LogP contribution in [0.2, 0.25) is 0 Å². The van der Waals surface area contributed by atoms with Gasteiger partial charge in [-0.2, -0.15) is 0 Å². The SMILES string of the molecule is COC(=O)[C@@H](NC(=O)OC(C)(C)C)C1(C)CCC1. The average molecular weight is 257 g/mol. The van der Waals surface area contributed by atoms with Crippen LogP contribution in [0.25, 0.3) is 0 Å². The van der Waals surface area contributed by atoms with Crippen LogP contribution in [0.4, 0.5) is 4.79 Å². The Bertz CT molecular complexity index is 328. The fourth-order valence-corrected chi connectivity index (χ4v) is 2.08. The standard InChI is InChI=1S/C13H23NO4/c1-12(2,3)18-11(16)14-9(10(15)17-5)13(4)7-6-8-13/h9H,6-8H2,1-5H3,(H,14,16)/t9-/m1/s1. The zero-order valence-electron chi connectivity index (χ0n) is 11.8. The van der Waals surface area contributed by atoms with Crippen molar-refractivity contribution in [1.29, 1.82) is 0 Å². The van der Waals surface area contributed by atoms with Gasteiger partial charge in [0, 0.05) is 0 Å². The number of esters is 1. The molecule has 1 saturated carbocycles. The van der Waals surface area contributed by atoms with Gasteiger partial charge in [-0.1, -0.05) is 13.3 Å². The van der Waals surface area contributed by atoms with E-state index in [1.807, 2.05) is 6.92 Å². The van der Waals surface area contributed by atoms with Gasteiger partial charge < -0.3 is 14.8 Å². The predicted molar refractivity (Wildman–Crippen MR) is 67.1 cm³/mol. The third kappa shape index (κ3) is 3.62. The molecule has 18 heavy (non-hydrogen) atoms. The molecule has 5 heteroatoms. The lowest BCUT2D eigenvalue weighted by atomic mass is 9.65. The van der Waals surface area contributed by atoms with Crippen molar-refractivity contribution >= 4 is 12.1 Å². The van der Waals surface area contributed by atoms with E-state index in [1.54, 1.807) is 20.8 Å². The summed E-state index contributed by atoms with van der Waals surface area (Å²) in [4.78, 5) is 23.5. The summed E-state index contributed by atoms with van der Waals surface area (Å²) in [6.07, 6.45) is 2.30. The van der Waals surface area contributed by atoms with E-state index in [0.717, 1.165) is 19.3 Å². The molecule has 1 amide bonds. The van der Waals surface area contributed by atoms with Crippen LogP contribution in [0.1, 0.15) is 47.0 Å². The summed E-state index contributed by atoms with van der Waals surface area (Å²) in [7, 11) is 1.33. The summed E-state index contributed by atoms with van der Waals surface area (Å²) in [5.41, 5.74) is -0.796. The van der Waals surface area contributed by atoms with Gasteiger partial charge in [0.2, 0.25) is 0 Å². The lowest BCUT2D eigenvalue weighted by Crippen LogP contribution is -2.55. The van der Waals surface area contributed by atoms with Crippen molar-refractivity contribution in [2.75, 3.05) is 7.11 Å². The quantitative estimate of drug-likeness (QED) is 0.787. The van der Waals surface area contributed by atoms with Crippen molar-refractivity contribution in [1.82, 2.24) is 5.32 Å². The van der Waals surface area contributed by atoms with Crippen LogP contribution in [0, 0.1) is 5.41 Å². The third-order valence-corrected chi connectivity index (χ3v) is 3.29. The zero-order valence-corrected chi connectivity index (χ0v) is 11.8. The number of nitrogens with one attached hydrogen (secondary N) is 1. The Hall–Kier alpha value is -1.26. The van der Waals surface area contributed by atoms with Crippen molar-refractivity contribution < 1.29 is 19.1 Å². The first-order chi connectivity index (χ1) is 8.18.